The van der Waals surface area contributed by atoms with Crippen LogP contribution in [0.4, 0.5) is 4.39 Å². The lowest BCUT2D eigenvalue weighted by atomic mass is 9.94. The number of aryl methyl sites for hydroxylation is 1. The second-order valence-electron chi connectivity index (χ2n) is 5.91. The van der Waals surface area contributed by atoms with Gasteiger partial charge in [-0.25, -0.2) is 4.39 Å². The van der Waals surface area contributed by atoms with Gasteiger partial charge in [0.15, 0.2) is 0 Å². The zero-order chi connectivity index (χ0) is 15.4. The normalized spacial score (nSPS) is 12.9. The van der Waals surface area contributed by atoms with Crippen molar-refractivity contribution in [2.45, 2.75) is 33.6 Å². The highest BCUT2D eigenvalue weighted by Crippen LogP contribution is 2.22. The molecule has 0 fully saturated rings. The highest BCUT2D eigenvalue weighted by atomic mass is 19.1. The van der Waals surface area contributed by atoms with Crippen molar-refractivity contribution in [1.29, 1.82) is 0 Å². The highest BCUT2D eigenvalue weighted by molar-refractivity contribution is 5.59. The van der Waals surface area contributed by atoms with Crippen LogP contribution in [-0.2, 0) is 6.42 Å². The van der Waals surface area contributed by atoms with E-state index < -0.39 is 0 Å². The molecule has 0 saturated carbocycles. The van der Waals surface area contributed by atoms with Crippen LogP contribution >= 0.6 is 0 Å². The first-order valence-electron chi connectivity index (χ1n) is 7.28. The van der Waals surface area contributed by atoms with E-state index in [1.807, 2.05) is 6.92 Å². The van der Waals surface area contributed by atoms with Gasteiger partial charge in [0.25, 0.3) is 0 Å². The van der Waals surface area contributed by atoms with Gasteiger partial charge in [0.2, 0.25) is 11.7 Å². The van der Waals surface area contributed by atoms with Crippen molar-refractivity contribution >= 4 is 0 Å². The third kappa shape index (κ3) is 4.11. The summed E-state index contributed by atoms with van der Waals surface area (Å²) in [7, 11) is 0. The topological polar surface area (TPSA) is 64.9 Å². The van der Waals surface area contributed by atoms with E-state index in [1.165, 1.54) is 12.1 Å². The molecule has 2 N–H and O–H groups in total. The van der Waals surface area contributed by atoms with E-state index in [2.05, 4.69) is 24.0 Å². The molecule has 0 spiro atoms. The van der Waals surface area contributed by atoms with Crippen LogP contribution in [0.1, 0.15) is 31.7 Å². The third-order valence-corrected chi connectivity index (χ3v) is 3.50. The first-order valence-corrected chi connectivity index (χ1v) is 7.28. The molecule has 5 heteroatoms. The van der Waals surface area contributed by atoms with Crippen molar-refractivity contribution in [2.24, 2.45) is 17.6 Å². The number of hydrogen-bond donors (Lipinski definition) is 1. The highest BCUT2D eigenvalue weighted by Gasteiger charge is 2.16. The van der Waals surface area contributed by atoms with Gasteiger partial charge < -0.3 is 10.3 Å². The van der Waals surface area contributed by atoms with E-state index in [9.17, 15) is 4.39 Å². The first-order chi connectivity index (χ1) is 9.99. The number of nitrogens with two attached hydrogens (primary N) is 1. The predicted octanol–water partition coefficient (Wildman–Crippen LogP) is 3.35. The van der Waals surface area contributed by atoms with E-state index in [1.54, 1.807) is 6.07 Å². The van der Waals surface area contributed by atoms with Crippen LogP contribution in [0, 0.1) is 24.6 Å². The fourth-order valence-corrected chi connectivity index (χ4v) is 2.50. The minimum absolute atomic E-state index is 0.264. The van der Waals surface area contributed by atoms with Gasteiger partial charge in [-0.2, -0.15) is 4.98 Å². The summed E-state index contributed by atoms with van der Waals surface area (Å²) >= 11 is 0. The molecule has 2 aromatic rings. The summed E-state index contributed by atoms with van der Waals surface area (Å²) in [5, 5.41) is 3.99. The molecule has 0 amide bonds. The first kappa shape index (κ1) is 15.6. The Balaban J connectivity index is 2.14. The molecule has 0 saturated heterocycles. The van der Waals surface area contributed by atoms with Gasteiger partial charge in [-0.15, -0.1) is 0 Å². The SMILES string of the molecule is Cc1cc(F)ccc1-c1noc(C[C@@H](CN)CC(C)C)n1. The Bertz CT molecular complexity index is 595. The molecule has 0 radical (unpaired) electrons. The zero-order valence-electron chi connectivity index (χ0n) is 12.8. The van der Waals surface area contributed by atoms with E-state index in [-0.39, 0.29) is 5.82 Å². The standard InChI is InChI=1S/C16H22FN3O/c1-10(2)6-12(9-18)8-15-19-16(20-21-15)14-5-4-13(17)7-11(14)3/h4-5,7,10,12H,6,8-9,18H2,1-3H3/t12-/m0/s1. The van der Waals surface area contributed by atoms with E-state index >= 15 is 0 Å². The molecule has 1 aromatic carbocycles. The summed E-state index contributed by atoms with van der Waals surface area (Å²) in [6.07, 6.45) is 1.71. The Hall–Kier alpha value is -1.75. The van der Waals surface area contributed by atoms with Gasteiger partial charge in [-0.1, -0.05) is 19.0 Å². The van der Waals surface area contributed by atoms with E-state index in [4.69, 9.17) is 10.3 Å². The monoisotopic (exact) mass is 291 g/mol. The Kier molecular flexibility index (Phi) is 5.07. The molecule has 0 aliphatic carbocycles. The zero-order valence-corrected chi connectivity index (χ0v) is 12.8. The second-order valence-corrected chi connectivity index (χ2v) is 5.91. The van der Waals surface area contributed by atoms with Gasteiger partial charge in [0, 0.05) is 12.0 Å². The van der Waals surface area contributed by atoms with Crippen LogP contribution in [-0.4, -0.2) is 16.7 Å². The van der Waals surface area contributed by atoms with Gasteiger partial charge in [0.05, 0.1) is 0 Å². The molecule has 1 atom stereocenters. The Morgan fingerprint density at radius 1 is 1.33 bits per heavy atom. The molecule has 0 aliphatic rings. The maximum absolute atomic E-state index is 13.1. The largest absolute Gasteiger partial charge is 0.339 e. The molecule has 0 bridgehead atoms. The van der Waals surface area contributed by atoms with Gasteiger partial charge >= 0.3 is 0 Å². The van der Waals surface area contributed by atoms with Crippen LogP contribution in [0.2, 0.25) is 0 Å². The molecule has 0 unspecified atom stereocenters. The van der Waals surface area contributed by atoms with Crippen molar-refractivity contribution in [3.05, 3.63) is 35.5 Å². The number of halogens is 1. The molecule has 21 heavy (non-hydrogen) atoms. The van der Waals surface area contributed by atoms with Crippen LogP contribution in [0.25, 0.3) is 11.4 Å². The van der Waals surface area contributed by atoms with Crippen LogP contribution in [0.5, 0.6) is 0 Å². The molecule has 0 aliphatic heterocycles. The number of hydrogen-bond acceptors (Lipinski definition) is 4. The summed E-state index contributed by atoms with van der Waals surface area (Å²) in [5.74, 6) is 1.75. The molecule has 4 nitrogen and oxygen atoms in total. The minimum Gasteiger partial charge on any atom is -0.339 e. The Labute approximate surface area is 124 Å². The van der Waals surface area contributed by atoms with Crippen LogP contribution in [0.15, 0.2) is 22.7 Å². The molecule has 1 aromatic heterocycles. The number of benzene rings is 1. The molecule has 114 valence electrons. The second kappa shape index (κ2) is 6.80. The molecular weight excluding hydrogens is 269 g/mol. The fourth-order valence-electron chi connectivity index (χ4n) is 2.50. The average molecular weight is 291 g/mol. The van der Waals surface area contributed by atoms with Gasteiger partial charge in [-0.3, -0.25) is 0 Å². The Morgan fingerprint density at radius 3 is 2.71 bits per heavy atom. The average Bonchev–Trinajstić information content (AvgIpc) is 2.85. The van der Waals surface area contributed by atoms with Crippen molar-refractivity contribution in [3.63, 3.8) is 0 Å². The quantitative estimate of drug-likeness (QED) is 0.886. The van der Waals surface area contributed by atoms with Crippen molar-refractivity contribution in [2.75, 3.05) is 6.54 Å². The third-order valence-electron chi connectivity index (χ3n) is 3.50. The summed E-state index contributed by atoms with van der Waals surface area (Å²) in [6.45, 7) is 6.77. The van der Waals surface area contributed by atoms with Gasteiger partial charge in [0.1, 0.15) is 5.82 Å². The van der Waals surface area contributed by atoms with Crippen molar-refractivity contribution in [3.8, 4) is 11.4 Å². The summed E-state index contributed by atoms with van der Waals surface area (Å²) in [5.41, 5.74) is 7.38. The number of rotatable bonds is 6. The number of nitrogens with zero attached hydrogens (tertiary/aromatic N) is 2. The molecule has 2 rings (SSSR count). The smallest absolute Gasteiger partial charge is 0.227 e. The van der Waals surface area contributed by atoms with Gasteiger partial charge in [-0.05, 0) is 55.5 Å². The Morgan fingerprint density at radius 2 is 2.10 bits per heavy atom. The van der Waals surface area contributed by atoms with Crippen LogP contribution < -0.4 is 5.73 Å². The summed E-state index contributed by atoms with van der Waals surface area (Å²) < 4.78 is 18.4. The number of aromatic nitrogens is 2. The lowest BCUT2D eigenvalue weighted by Gasteiger charge is -2.14. The minimum atomic E-state index is -0.264. The van der Waals surface area contributed by atoms with E-state index in [0.29, 0.717) is 36.5 Å². The maximum Gasteiger partial charge on any atom is 0.227 e. The van der Waals surface area contributed by atoms with Crippen molar-refractivity contribution in [1.82, 2.24) is 10.1 Å². The summed E-state index contributed by atoms with van der Waals surface area (Å²) in [6, 6.07) is 4.54. The van der Waals surface area contributed by atoms with Crippen LogP contribution in [0.3, 0.4) is 0 Å². The van der Waals surface area contributed by atoms with Crippen molar-refractivity contribution < 1.29 is 8.91 Å². The lowest BCUT2D eigenvalue weighted by Crippen LogP contribution is -2.19. The predicted molar refractivity (Wildman–Crippen MR) is 80.1 cm³/mol. The molecule has 1 heterocycles. The maximum atomic E-state index is 13.1. The lowest BCUT2D eigenvalue weighted by molar-refractivity contribution is 0.332. The fraction of sp³-hybridized carbons (Fsp3) is 0.500. The summed E-state index contributed by atoms with van der Waals surface area (Å²) in [4.78, 5) is 4.41. The molecular formula is C16H22FN3O. The van der Waals surface area contributed by atoms with E-state index in [0.717, 1.165) is 17.5 Å².